The van der Waals surface area contributed by atoms with Crippen LogP contribution in [0, 0.1) is 5.41 Å². The number of nitrogens with one attached hydrogen (secondary N) is 1. The Bertz CT molecular complexity index is 748. The minimum Gasteiger partial charge on any atom is -0.440 e. The van der Waals surface area contributed by atoms with E-state index in [-0.39, 0.29) is 23.7 Å². The van der Waals surface area contributed by atoms with Crippen molar-refractivity contribution in [3.8, 4) is 0 Å². The summed E-state index contributed by atoms with van der Waals surface area (Å²) in [6.07, 6.45) is 8.57. The molecule has 0 spiro atoms. The van der Waals surface area contributed by atoms with Gasteiger partial charge in [0.25, 0.3) is 0 Å². The molecule has 2 aromatic rings. The topological polar surface area (TPSA) is 81.2 Å². The van der Waals surface area contributed by atoms with Crippen molar-refractivity contribution in [2.45, 2.75) is 57.3 Å². The van der Waals surface area contributed by atoms with Crippen LogP contribution in [0.5, 0.6) is 0 Å². The molecule has 0 radical (unpaired) electrons. The van der Waals surface area contributed by atoms with Gasteiger partial charge < -0.3 is 15.5 Å². The first-order valence-corrected chi connectivity index (χ1v) is 9.08. The quantitative estimate of drug-likeness (QED) is 0.826. The van der Waals surface area contributed by atoms with E-state index in [0.29, 0.717) is 18.9 Å². The van der Waals surface area contributed by atoms with Crippen LogP contribution in [0.3, 0.4) is 0 Å². The highest BCUT2D eigenvalue weighted by Gasteiger charge is 2.33. The van der Waals surface area contributed by atoms with Crippen LogP contribution in [0.1, 0.15) is 63.2 Å². The summed E-state index contributed by atoms with van der Waals surface area (Å²) < 4.78 is 5.77. The van der Waals surface area contributed by atoms with Crippen LogP contribution in [-0.4, -0.2) is 17.4 Å². The average molecular weight is 364 g/mol. The Morgan fingerprint density at radius 2 is 2.04 bits per heavy atom. The second kappa shape index (κ2) is 7.34. The monoisotopic (exact) mass is 363 g/mol. The van der Waals surface area contributed by atoms with Gasteiger partial charge in [0.15, 0.2) is 11.5 Å². The Kier molecular flexibility index (Phi) is 5.35. The van der Waals surface area contributed by atoms with Crippen LogP contribution in [0.25, 0.3) is 11.1 Å². The molecular weight excluding hydrogens is 338 g/mol. The zero-order valence-electron chi connectivity index (χ0n) is 14.4. The molecule has 2 aliphatic carbocycles. The number of rotatable bonds is 5. The maximum atomic E-state index is 12.5. The lowest BCUT2D eigenvalue weighted by atomic mass is 9.71. The fraction of sp³-hybridized carbons (Fsp3) is 0.579. The molecule has 2 saturated carbocycles. The largest absolute Gasteiger partial charge is 0.440 e. The van der Waals surface area contributed by atoms with E-state index in [1.807, 2.05) is 18.2 Å². The molecule has 6 heteroatoms. The fourth-order valence-corrected chi connectivity index (χ4v) is 3.83. The van der Waals surface area contributed by atoms with Crippen LogP contribution >= 0.6 is 12.4 Å². The van der Waals surface area contributed by atoms with Gasteiger partial charge in [-0.25, -0.2) is 4.98 Å². The number of fused-ring (bicyclic) bond motifs is 1. The van der Waals surface area contributed by atoms with Gasteiger partial charge >= 0.3 is 0 Å². The summed E-state index contributed by atoms with van der Waals surface area (Å²) in [5.41, 5.74) is 8.37. The van der Waals surface area contributed by atoms with Gasteiger partial charge in [-0.05, 0) is 55.8 Å². The molecule has 0 atom stereocenters. The minimum absolute atomic E-state index is 0. The Morgan fingerprint density at radius 1 is 1.28 bits per heavy atom. The highest BCUT2D eigenvalue weighted by atomic mass is 35.5. The fourth-order valence-electron chi connectivity index (χ4n) is 3.83. The van der Waals surface area contributed by atoms with Crippen molar-refractivity contribution < 1.29 is 9.21 Å². The van der Waals surface area contributed by atoms with Gasteiger partial charge in [-0.3, -0.25) is 4.79 Å². The number of hydrogen-bond donors (Lipinski definition) is 2. The van der Waals surface area contributed by atoms with E-state index in [1.54, 1.807) is 0 Å². The summed E-state index contributed by atoms with van der Waals surface area (Å²) in [6, 6.07) is 5.68. The molecule has 0 saturated heterocycles. The van der Waals surface area contributed by atoms with E-state index in [0.717, 1.165) is 48.4 Å². The Morgan fingerprint density at radius 3 is 2.72 bits per heavy atom. The van der Waals surface area contributed by atoms with E-state index in [1.165, 1.54) is 19.3 Å². The lowest BCUT2D eigenvalue weighted by Crippen LogP contribution is -2.36. The van der Waals surface area contributed by atoms with Crippen LogP contribution in [-0.2, 0) is 4.79 Å². The summed E-state index contributed by atoms with van der Waals surface area (Å²) in [6.45, 7) is 0.591. The number of benzene rings is 1. The molecule has 0 unspecified atom stereocenters. The van der Waals surface area contributed by atoms with Gasteiger partial charge in [0.2, 0.25) is 5.91 Å². The summed E-state index contributed by atoms with van der Waals surface area (Å²) in [7, 11) is 0. The normalized spacial score (nSPS) is 19.4. The van der Waals surface area contributed by atoms with Crippen LogP contribution < -0.4 is 11.1 Å². The van der Waals surface area contributed by atoms with Crippen LogP contribution in [0.15, 0.2) is 22.6 Å². The number of carbonyl (C=O) groups excluding carboxylic acids is 1. The first kappa shape index (κ1) is 18.2. The van der Waals surface area contributed by atoms with Crippen LogP contribution in [0.4, 0.5) is 5.69 Å². The molecule has 25 heavy (non-hydrogen) atoms. The maximum absolute atomic E-state index is 12.5. The van der Waals surface area contributed by atoms with Crippen molar-refractivity contribution in [3.05, 3.63) is 24.1 Å². The number of amides is 1. The van der Waals surface area contributed by atoms with Gasteiger partial charge in [0, 0.05) is 18.0 Å². The molecule has 1 aromatic heterocycles. The number of hydrogen-bond acceptors (Lipinski definition) is 4. The zero-order valence-corrected chi connectivity index (χ0v) is 15.2. The predicted octanol–water partition coefficient (Wildman–Crippen LogP) is 4.36. The van der Waals surface area contributed by atoms with E-state index >= 15 is 0 Å². The lowest BCUT2D eigenvalue weighted by molar-refractivity contribution is -0.118. The lowest BCUT2D eigenvalue weighted by Gasteiger charge is -2.35. The Balaban J connectivity index is 0.00000182. The number of nitrogens with zero attached hydrogens (tertiary/aromatic N) is 1. The summed E-state index contributed by atoms with van der Waals surface area (Å²) >= 11 is 0. The number of aromatic nitrogens is 1. The molecule has 1 amide bonds. The van der Waals surface area contributed by atoms with Crippen molar-refractivity contribution in [1.29, 1.82) is 0 Å². The van der Waals surface area contributed by atoms with Gasteiger partial charge in [0.1, 0.15) is 5.52 Å². The average Bonchev–Trinajstić information content (AvgIpc) is 3.35. The standard InChI is InChI=1S/C19H25N3O2.ClH/c20-12-19(8-2-1-3-9-19)11-17(23)21-14-6-7-16-15(10-14)22-18(24-16)13-4-5-13;/h6-7,10,13H,1-5,8-9,11-12,20H2,(H,21,23);1H. The van der Waals surface area contributed by atoms with E-state index in [9.17, 15) is 4.79 Å². The summed E-state index contributed by atoms with van der Waals surface area (Å²) in [5.74, 6) is 1.37. The van der Waals surface area contributed by atoms with Crippen molar-refractivity contribution >= 4 is 35.1 Å². The van der Waals surface area contributed by atoms with E-state index in [2.05, 4.69) is 10.3 Å². The number of anilines is 1. The van der Waals surface area contributed by atoms with E-state index in [4.69, 9.17) is 10.2 Å². The number of carbonyl (C=O) groups is 1. The van der Waals surface area contributed by atoms with E-state index < -0.39 is 0 Å². The molecule has 3 N–H and O–H groups in total. The van der Waals surface area contributed by atoms with Gasteiger partial charge in [-0.2, -0.15) is 0 Å². The molecule has 1 aromatic carbocycles. The number of halogens is 1. The zero-order chi connectivity index (χ0) is 16.6. The van der Waals surface area contributed by atoms with Crippen molar-refractivity contribution in [1.82, 2.24) is 4.98 Å². The van der Waals surface area contributed by atoms with Gasteiger partial charge in [-0.1, -0.05) is 19.3 Å². The van der Waals surface area contributed by atoms with Crippen molar-refractivity contribution in [2.75, 3.05) is 11.9 Å². The molecule has 4 rings (SSSR count). The summed E-state index contributed by atoms with van der Waals surface area (Å²) in [4.78, 5) is 17.0. The number of nitrogens with two attached hydrogens (primary N) is 1. The smallest absolute Gasteiger partial charge is 0.224 e. The molecule has 136 valence electrons. The molecule has 1 heterocycles. The second-order valence-electron chi connectivity index (χ2n) is 7.50. The van der Waals surface area contributed by atoms with Crippen molar-refractivity contribution in [2.24, 2.45) is 11.1 Å². The molecular formula is C19H26ClN3O2. The molecule has 2 fully saturated rings. The third kappa shape index (κ3) is 3.98. The molecule has 2 aliphatic rings. The minimum atomic E-state index is -0.0144. The maximum Gasteiger partial charge on any atom is 0.224 e. The highest BCUT2D eigenvalue weighted by Crippen LogP contribution is 2.41. The molecule has 0 bridgehead atoms. The number of oxazole rings is 1. The molecule has 5 nitrogen and oxygen atoms in total. The summed E-state index contributed by atoms with van der Waals surface area (Å²) in [5, 5.41) is 3.02. The molecule has 0 aliphatic heterocycles. The highest BCUT2D eigenvalue weighted by molar-refractivity contribution is 5.93. The Labute approximate surface area is 154 Å². The predicted molar refractivity (Wildman–Crippen MR) is 101 cm³/mol. The Hall–Kier alpha value is -1.59. The van der Waals surface area contributed by atoms with Crippen molar-refractivity contribution in [3.63, 3.8) is 0 Å². The second-order valence-corrected chi connectivity index (χ2v) is 7.50. The third-order valence-corrected chi connectivity index (χ3v) is 5.50. The SMILES string of the molecule is Cl.NCC1(CC(=O)Nc2ccc3oc(C4CC4)nc3c2)CCCCC1. The first-order chi connectivity index (χ1) is 11.7. The van der Waals surface area contributed by atoms with Gasteiger partial charge in [-0.15, -0.1) is 12.4 Å². The third-order valence-electron chi connectivity index (χ3n) is 5.50. The first-order valence-electron chi connectivity index (χ1n) is 9.08. The van der Waals surface area contributed by atoms with Gasteiger partial charge in [0.05, 0.1) is 0 Å². The van der Waals surface area contributed by atoms with Crippen LogP contribution in [0.2, 0.25) is 0 Å².